The number of nitrogens with zero attached hydrogens (tertiary/aromatic N) is 3. The molecule has 0 spiro atoms. The summed E-state index contributed by atoms with van der Waals surface area (Å²) >= 11 is -0.121. The van der Waals surface area contributed by atoms with Crippen LogP contribution >= 0.6 is 20.7 Å². The number of aromatic nitrogens is 4. The van der Waals surface area contributed by atoms with Gasteiger partial charge in [0.15, 0.2) is 0 Å². The molecule has 3 aromatic heterocycles. The lowest BCUT2D eigenvalue weighted by Gasteiger charge is -2.26. The van der Waals surface area contributed by atoms with Gasteiger partial charge < -0.3 is 10.3 Å². The Hall–Kier alpha value is -3.80. The average molecular weight is 609 g/mol. The molecule has 1 saturated carbocycles. The molecule has 0 bridgehead atoms. The van der Waals surface area contributed by atoms with Crippen molar-refractivity contribution in [3.05, 3.63) is 97.8 Å². The maximum Gasteiger partial charge on any atom is 0.337 e. The average Bonchev–Trinajstić information content (AvgIpc) is 3.58. The minimum atomic E-state index is -0.525. The normalized spacial score (nSPS) is 17.1. The van der Waals surface area contributed by atoms with Crippen LogP contribution in [-0.4, -0.2) is 27.1 Å². The Balaban J connectivity index is 1.60. The van der Waals surface area contributed by atoms with E-state index >= 15 is 4.39 Å². The number of anilines is 2. The topological polar surface area (TPSA) is 93.8 Å². The molecular formula is C27H21FIN5O3. The quantitative estimate of drug-likeness (QED) is 0.229. The van der Waals surface area contributed by atoms with E-state index in [0.717, 1.165) is 22.7 Å². The van der Waals surface area contributed by atoms with Crippen molar-refractivity contribution >= 4 is 58.1 Å². The van der Waals surface area contributed by atoms with Gasteiger partial charge in [-0.05, 0) is 41.1 Å². The van der Waals surface area contributed by atoms with Crippen LogP contribution in [-0.2, 0) is 0 Å². The van der Waals surface area contributed by atoms with E-state index in [9.17, 15) is 14.4 Å². The molecular weight excluding hydrogens is 588 g/mol. The molecule has 0 saturated heterocycles. The largest absolute Gasteiger partial charge is 0.361 e. The highest BCUT2D eigenvalue weighted by Crippen LogP contribution is 2.35. The van der Waals surface area contributed by atoms with Crippen molar-refractivity contribution in [1.82, 2.24) is 18.7 Å². The van der Waals surface area contributed by atoms with Gasteiger partial charge >= 0.3 is 5.69 Å². The molecule has 1 atom stereocenters. The molecule has 10 heteroatoms. The van der Waals surface area contributed by atoms with Gasteiger partial charge in [0.2, 0.25) is 0 Å². The van der Waals surface area contributed by atoms with Crippen LogP contribution in [0.15, 0.2) is 75.2 Å². The molecule has 5 aromatic rings. The number of halogens is 2. The number of para-hydroxylation sites is 1. The lowest BCUT2D eigenvalue weighted by molar-refractivity contribution is 0.626. The van der Waals surface area contributed by atoms with Gasteiger partial charge in [-0.15, -0.1) is 20.7 Å². The number of aromatic amines is 1. The van der Waals surface area contributed by atoms with E-state index in [4.69, 9.17) is 0 Å². The first-order valence-corrected chi connectivity index (χ1v) is 14.8. The summed E-state index contributed by atoms with van der Waals surface area (Å²) in [6.07, 6.45) is 3.18. The fraction of sp³-hybridized carbons (Fsp3) is 0.185. The molecule has 8 nitrogen and oxygen atoms in total. The third-order valence-electron chi connectivity index (χ3n) is 6.92. The molecule has 1 fully saturated rings. The number of pyridine rings is 1. The first-order chi connectivity index (χ1) is 18.0. The molecule has 1 unspecified atom stereocenters. The molecule has 2 aromatic carbocycles. The fourth-order valence-electron chi connectivity index (χ4n) is 4.94. The SMILES string of the molecule is O=c1c2c(Nc3cc4cc[nH]c4cc3F)cc(=O)n(C3C=IC3)c2n(-c2ccccc2)c(=O)n1C1CC1. The number of H-pyrrole nitrogens is 1. The van der Waals surface area contributed by atoms with E-state index in [2.05, 4.69) is 14.3 Å². The molecule has 2 aliphatic rings. The minimum absolute atomic E-state index is 0.121. The smallest absolute Gasteiger partial charge is 0.337 e. The van der Waals surface area contributed by atoms with E-state index in [1.807, 2.05) is 24.3 Å². The summed E-state index contributed by atoms with van der Waals surface area (Å²) in [7, 11) is 0. The lowest BCUT2D eigenvalue weighted by Crippen LogP contribution is -2.43. The third-order valence-corrected chi connectivity index (χ3v) is 9.67. The highest BCUT2D eigenvalue weighted by atomic mass is 127. The summed E-state index contributed by atoms with van der Waals surface area (Å²) in [5, 5.41) is 4.01. The van der Waals surface area contributed by atoms with Crippen molar-refractivity contribution in [3.63, 3.8) is 0 Å². The Morgan fingerprint density at radius 3 is 2.46 bits per heavy atom. The van der Waals surface area contributed by atoms with Crippen molar-refractivity contribution in [3.8, 4) is 5.69 Å². The standard InChI is InChI=1S/C27H21FIN5O3/c28-19-11-20-15(8-9-30-20)10-21(19)31-22-12-23(35)32(18-13-29-14-18)25-24(22)26(36)34(17-6-7-17)27(37)33(25)16-4-2-1-3-5-16/h1-5,8-13,17-18,30-31H,6-7,14H2. The minimum Gasteiger partial charge on any atom is -0.361 e. The van der Waals surface area contributed by atoms with Gasteiger partial charge in [0.1, 0.15) is 16.9 Å². The van der Waals surface area contributed by atoms with E-state index < -0.39 is 17.1 Å². The number of benzene rings is 2. The maximum absolute atomic E-state index is 15.1. The highest BCUT2D eigenvalue weighted by Gasteiger charge is 2.32. The fourth-order valence-corrected chi connectivity index (χ4v) is 6.62. The molecule has 2 N–H and O–H groups in total. The van der Waals surface area contributed by atoms with Gasteiger partial charge in [-0.25, -0.2) is 13.8 Å². The van der Waals surface area contributed by atoms with Gasteiger partial charge in [0.25, 0.3) is 11.1 Å². The zero-order chi connectivity index (χ0) is 25.3. The Labute approximate surface area is 218 Å². The van der Waals surface area contributed by atoms with E-state index in [0.29, 0.717) is 11.2 Å². The second-order valence-electron chi connectivity index (χ2n) is 9.35. The zero-order valence-electron chi connectivity index (χ0n) is 19.4. The van der Waals surface area contributed by atoms with Crippen molar-refractivity contribution in [1.29, 1.82) is 0 Å². The van der Waals surface area contributed by atoms with Gasteiger partial charge in [0, 0.05) is 39.7 Å². The molecule has 0 radical (unpaired) electrons. The Bertz CT molecular complexity index is 1930. The summed E-state index contributed by atoms with van der Waals surface area (Å²) in [4.78, 5) is 44.3. The van der Waals surface area contributed by atoms with Crippen LogP contribution in [0.1, 0.15) is 24.9 Å². The summed E-state index contributed by atoms with van der Waals surface area (Å²) in [6.45, 7) is 0. The Morgan fingerprint density at radius 2 is 1.76 bits per heavy atom. The van der Waals surface area contributed by atoms with Gasteiger partial charge in [-0.2, -0.15) is 0 Å². The number of hydrogen-bond donors (Lipinski definition) is 2. The van der Waals surface area contributed by atoms with E-state index in [1.165, 1.54) is 21.3 Å². The van der Waals surface area contributed by atoms with Crippen molar-refractivity contribution < 1.29 is 4.39 Å². The van der Waals surface area contributed by atoms with Crippen LogP contribution in [0.5, 0.6) is 0 Å². The number of nitrogens with one attached hydrogen (secondary N) is 2. The van der Waals surface area contributed by atoms with Crippen LogP contribution in [0.4, 0.5) is 15.8 Å². The van der Waals surface area contributed by atoms with Crippen LogP contribution < -0.4 is 22.1 Å². The number of hydrogen-bond acceptors (Lipinski definition) is 4. The number of alkyl halides is 1. The molecule has 186 valence electrons. The van der Waals surface area contributed by atoms with E-state index in [-0.39, 0.29) is 60.8 Å². The van der Waals surface area contributed by atoms with Crippen LogP contribution in [0.2, 0.25) is 0 Å². The molecule has 0 amide bonds. The molecule has 1 aliphatic carbocycles. The lowest BCUT2D eigenvalue weighted by atomic mass is 10.2. The third kappa shape index (κ3) is 3.53. The first-order valence-electron chi connectivity index (χ1n) is 12.0. The van der Waals surface area contributed by atoms with Crippen LogP contribution in [0.3, 0.4) is 0 Å². The van der Waals surface area contributed by atoms with Crippen LogP contribution in [0, 0.1) is 5.82 Å². The molecule has 7 rings (SSSR count). The van der Waals surface area contributed by atoms with Gasteiger partial charge in [0.05, 0.1) is 23.1 Å². The summed E-state index contributed by atoms with van der Waals surface area (Å²) in [6, 6.07) is 14.8. The molecule has 4 heterocycles. The number of fused-ring (bicyclic) bond motifs is 2. The zero-order valence-corrected chi connectivity index (χ0v) is 21.6. The molecule has 37 heavy (non-hydrogen) atoms. The van der Waals surface area contributed by atoms with Crippen molar-refractivity contribution in [2.45, 2.75) is 24.9 Å². The van der Waals surface area contributed by atoms with Gasteiger partial charge in [-0.3, -0.25) is 18.7 Å². The second-order valence-corrected chi connectivity index (χ2v) is 11.8. The maximum atomic E-state index is 15.1. The number of rotatable bonds is 5. The Morgan fingerprint density at radius 1 is 0.973 bits per heavy atom. The van der Waals surface area contributed by atoms with Crippen LogP contribution in [0.25, 0.3) is 27.6 Å². The monoisotopic (exact) mass is 609 g/mol. The summed E-state index contributed by atoms with van der Waals surface area (Å²) < 4.78 is 22.3. The second kappa shape index (κ2) is 8.37. The molecule has 1 aliphatic heterocycles. The van der Waals surface area contributed by atoms with Crippen molar-refractivity contribution in [2.75, 3.05) is 9.74 Å². The van der Waals surface area contributed by atoms with Gasteiger partial charge in [-0.1, -0.05) is 18.2 Å². The highest BCUT2D eigenvalue weighted by molar-refractivity contribution is 14.2. The first kappa shape index (κ1) is 22.4. The summed E-state index contributed by atoms with van der Waals surface area (Å²) in [5.74, 6) is -0.525. The predicted octanol–water partition coefficient (Wildman–Crippen LogP) is 4.34. The Kier molecular flexibility index (Phi) is 5.07. The predicted molar refractivity (Wildman–Crippen MR) is 152 cm³/mol. The van der Waals surface area contributed by atoms with E-state index in [1.54, 1.807) is 29.0 Å². The summed E-state index contributed by atoms with van der Waals surface area (Å²) in [5.41, 5.74) is 0.474. The van der Waals surface area contributed by atoms with Crippen molar-refractivity contribution in [2.24, 2.45) is 0 Å².